The van der Waals surface area contributed by atoms with Crippen molar-refractivity contribution in [3.8, 4) is 5.75 Å². The second-order valence-corrected chi connectivity index (χ2v) is 6.21. The van der Waals surface area contributed by atoms with Crippen LogP contribution in [0.5, 0.6) is 5.75 Å². The number of ether oxygens (including phenoxy) is 2. The van der Waals surface area contributed by atoms with E-state index in [0.29, 0.717) is 12.5 Å². The lowest BCUT2D eigenvalue weighted by molar-refractivity contribution is -0.146. The normalized spacial score (nSPS) is 12.9. The molecule has 2 aromatic rings. The molecular weight excluding hydrogens is 348 g/mol. The predicted octanol–water partition coefficient (Wildman–Crippen LogP) is 1.44. The second-order valence-electron chi connectivity index (χ2n) is 6.21. The van der Waals surface area contributed by atoms with E-state index in [1.807, 2.05) is 18.2 Å². The number of rotatable bonds is 6. The molecule has 1 amide bonds. The van der Waals surface area contributed by atoms with Crippen LogP contribution in [0.2, 0.25) is 0 Å². The van der Waals surface area contributed by atoms with Gasteiger partial charge in [-0.05, 0) is 42.7 Å². The van der Waals surface area contributed by atoms with Gasteiger partial charge in [0, 0.05) is 31.7 Å². The van der Waals surface area contributed by atoms with Gasteiger partial charge >= 0.3 is 5.97 Å². The molecule has 0 unspecified atom stereocenters. The van der Waals surface area contributed by atoms with Gasteiger partial charge in [0.05, 0.1) is 7.11 Å². The Morgan fingerprint density at radius 2 is 2.04 bits per heavy atom. The number of carbonyl (C=O) groups excluding carboxylic acids is 2. The molecule has 2 heterocycles. The topological polar surface area (TPSA) is 84.9 Å². The highest BCUT2D eigenvalue weighted by Gasteiger charge is 2.24. The number of aryl methyl sites for hydroxylation is 1. The minimum atomic E-state index is -0.509. The third kappa shape index (κ3) is 4.52. The molecule has 3 rings (SSSR count). The lowest BCUT2D eigenvalue weighted by atomic mass is 10.0. The fraction of sp³-hybridized carbons (Fsp3) is 0.368. The van der Waals surface area contributed by atoms with Gasteiger partial charge in [-0.1, -0.05) is 0 Å². The summed E-state index contributed by atoms with van der Waals surface area (Å²) in [4.78, 5) is 35.9. The molecule has 1 aliphatic rings. The number of anilines is 2. The van der Waals surface area contributed by atoms with Crippen molar-refractivity contribution < 1.29 is 19.1 Å². The number of hydrogen-bond acceptors (Lipinski definition) is 7. The fourth-order valence-corrected chi connectivity index (χ4v) is 2.98. The zero-order chi connectivity index (χ0) is 19.2. The Balaban J connectivity index is 1.56. The van der Waals surface area contributed by atoms with Crippen LogP contribution in [0.1, 0.15) is 12.0 Å². The number of likely N-dealkylation sites (N-methyl/N-ethyl adjacent to an activating group) is 1. The van der Waals surface area contributed by atoms with Gasteiger partial charge in [0.25, 0.3) is 5.91 Å². The number of esters is 1. The van der Waals surface area contributed by atoms with E-state index < -0.39 is 5.97 Å². The van der Waals surface area contributed by atoms with Crippen molar-refractivity contribution in [2.75, 3.05) is 43.7 Å². The Labute approximate surface area is 157 Å². The van der Waals surface area contributed by atoms with E-state index in [2.05, 4.69) is 9.97 Å². The Hall–Kier alpha value is -3.16. The average Bonchev–Trinajstić information content (AvgIpc) is 2.71. The smallest absolute Gasteiger partial charge is 0.326 e. The van der Waals surface area contributed by atoms with E-state index >= 15 is 0 Å². The van der Waals surface area contributed by atoms with Gasteiger partial charge in [-0.2, -0.15) is 0 Å². The molecule has 0 saturated heterocycles. The zero-order valence-electron chi connectivity index (χ0n) is 15.4. The first-order valence-corrected chi connectivity index (χ1v) is 8.69. The molecule has 0 bridgehead atoms. The zero-order valence-corrected chi connectivity index (χ0v) is 15.4. The summed E-state index contributed by atoms with van der Waals surface area (Å²) < 4.78 is 10.4. The van der Waals surface area contributed by atoms with Crippen LogP contribution in [0.3, 0.4) is 0 Å². The third-order valence-electron chi connectivity index (χ3n) is 4.32. The van der Waals surface area contributed by atoms with Crippen molar-refractivity contribution in [1.29, 1.82) is 0 Å². The number of amides is 1. The number of fused-ring (bicyclic) bond motifs is 1. The maximum atomic E-state index is 12.6. The lowest BCUT2D eigenvalue weighted by Crippen LogP contribution is -2.39. The number of methoxy groups -OCH3 is 1. The molecule has 142 valence electrons. The van der Waals surface area contributed by atoms with Gasteiger partial charge < -0.3 is 19.3 Å². The molecular formula is C19H22N4O4. The Bertz CT molecular complexity index is 813. The molecule has 8 nitrogen and oxygen atoms in total. The predicted molar refractivity (Wildman–Crippen MR) is 99.9 cm³/mol. The minimum Gasteiger partial charge on any atom is -0.497 e. The van der Waals surface area contributed by atoms with Gasteiger partial charge in [-0.25, -0.2) is 9.97 Å². The van der Waals surface area contributed by atoms with Crippen LogP contribution in [0.4, 0.5) is 11.6 Å². The summed E-state index contributed by atoms with van der Waals surface area (Å²) in [5, 5.41) is 0. The number of hydrogen-bond donors (Lipinski definition) is 0. The lowest BCUT2D eigenvalue weighted by Gasteiger charge is -2.29. The van der Waals surface area contributed by atoms with Gasteiger partial charge in [0.1, 0.15) is 12.3 Å². The van der Waals surface area contributed by atoms with Crippen LogP contribution < -0.4 is 14.5 Å². The summed E-state index contributed by atoms with van der Waals surface area (Å²) in [6, 6.07) is 7.33. The third-order valence-corrected chi connectivity index (χ3v) is 4.32. The van der Waals surface area contributed by atoms with E-state index in [4.69, 9.17) is 9.47 Å². The van der Waals surface area contributed by atoms with Crippen molar-refractivity contribution in [3.05, 3.63) is 42.2 Å². The van der Waals surface area contributed by atoms with E-state index in [9.17, 15) is 9.59 Å². The largest absolute Gasteiger partial charge is 0.497 e. The monoisotopic (exact) mass is 370 g/mol. The van der Waals surface area contributed by atoms with Crippen LogP contribution in [0.15, 0.2) is 36.7 Å². The summed E-state index contributed by atoms with van der Waals surface area (Å²) in [7, 11) is 3.30. The summed E-state index contributed by atoms with van der Waals surface area (Å²) in [5.41, 5.74) is 1.90. The number of nitrogens with zero attached hydrogens (tertiary/aromatic N) is 4. The molecule has 0 atom stereocenters. The molecule has 0 fully saturated rings. The van der Waals surface area contributed by atoms with Crippen molar-refractivity contribution in [2.45, 2.75) is 12.8 Å². The van der Waals surface area contributed by atoms with E-state index in [0.717, 1.165) is 29.8 Å². The molecule has 0 radical (unpaired) electrons. The van der Waals surface area contributed by atoms with Crippen LogP contribution in [0, 0.1) is 0 Å². The first-order valence-electron chi connectivity index (χ1n) is 8.69. The fourth-order valence-electron chi connectivity index (χ4n) is 2.98. The Kier molecular flexibility index (Phi) is 5.85. The van der Waals surface area contributed by atoms with Crippen molar-refractivity contribution in [1.82, 2.24) is 9.97 Å². The quantitative estimate of drug-likeness (QED) is 0.712. The van der Waals surface area contributed by atoms with Gasteiger partial charge in [-0.3, -0.25) is 9.59 Å². The Morgan fingerprint density at radius 3 is 2.78 bits per heavy atom. The van der Waals surface area contributed by atoms with Crippen LogP contribution >= 0.6 is 0 Å². The second kappa shape index (κ2) is 8.48. The Morgan fingerprint density at radius 1 is 1.26 bits per heavy atom. The van der Waals surface area contributed by atoms with Gasteiger partial charge in [0.2, 0.25) is 5.95 Å². The molecule has 0 aliphatic carbocycles. The van der Waals surface area contributed by atoms with E-state index in [-0.39, 0.29) is 19.1 Å². The van der Waals surface area contributed by atoms with Crippen molar-refractivity contribution >= 4 is 23.5 Å². The minimum absolute atomic E-state index is 0.0366. The first-order chi connectivity index (χ1) is 13.1. The van der Waals surface area contributed by atoms with Crippen LogP contribution in [-0.4, -0.2) is 55.7 Å². The highest BCUT2D eigenvalue weighted by atomic mass is 16.5. The SMILES string of the molecule is COc1ccc2c(c1)CCCN2C(=O)COC(=O)CN(C)c1ncccn1. The molecule has 27 heavy (non-hydrogen) atoms. The molecule has 8 heteroatoms. The molecule has 0 spiro atoms. The standard InChI is InChI=1S/C19H22N4O4/c1-22(19-20-8-4-9-21-19)12-18(25)27-13-17(24)23-10-3-5-14-11-15(26-2)6-7-16(14)23/h4,6-9,11H,3,5,10,12-13H2,1-2H3. The summed E-state index contributed by atoms with van der Waals surface area (Å²) in [6.07, 6.45) is 4.93. The van der Waals surface area contributed by atoms with Crippen molar-refractivity contribution in [2.24, 2.45) is 0 Å². The number of benzene rings is 1. The molecule has 0 saturated carbocycles. The molecule has 1 aromatic carbocycles. The maximum Gasteiger partial charge on any atom is 0.326 e. The summed E-state index contributed by atoms with van der Waals surface area (Å²) >= 11 is 0. The van der Waals surface area contributed by atoms with Crippen LogP contribution in [0.25, 0.3) is 0 Å². The molecule has 0 N–H and O–H groups in total. The highest BCUT2D eigenvalue weighted by molar-refractivity contribution is 5.96. The summed E-state index contributed by atoms with van der Waals surface area (Å²) in [6.45, 7) is 0.270. The average molecular weight is 370 g/mol. The number of carbonyl (C=O) groups is 2. The molecule has 1 aliphatic heterocycles. The highest BCUT2D eigenvalue weighted by Crippen LogP contribution is 2.30. The van der Waals surface area contributed by atoms with Gasteiger partial charge in [0.15, 0.2) is 6.61 Å². The van der Waals surface area contributed by atoms with E-state index in [1.165, 1.54) is 0 Å². The summed E-state index contributed by atoms with van der Waals surface area (Å²) in [5.74, 6) is 0.429. The number of aromatic nitrogens is 2. The van der Waals surface area contributed by atoms with Crippen molar-refractivity contribution in [3.63, 3.8) is 0 Å². The van der Waals surface area contributed by atoms with E-state index in [1.54, 1.807) is 42.4 Å². The first kappa shape index (κ1) is 18.6. The maximum absolute atomic E-state index is 12.6. The molecule has 1 aromatic heterocycles. The van der Waals surface area contributed by atoms with Gasteiger partial charge in [-0.15, -0.1) is 0 Å². The van der Waals surface area contributed by atoms with Crippen LogP contribution in [-0.2, 0) is 20.7 Å².